The van der Waals surface area contributed by atoms with Gasteiger partial charge in [-0.25, -0.2) is 9.18 Å². The summed E-state index contributed by atoms with van der Waals surface area (Å²) in [6.45, 7) is 6.63. The molecule has 0 aliphatic carbocycles. The summed E-state index contributed by atoms with van der Waals surface area (Å²) < 4.78 is 43.8. The summed E-state index contributed by atoms with van der Waals surface area (Å²) in [6.07, 6.45) is -2.58. The van der Waals surface area contributed by atoms with Gasteiger partial charge in [0.2, 0.25) is 0 Å². The highest BCUT2D eigenvalue weighted by molar-refractivity contribution is 5.66. The van der Waals surface area contributed by atoms with Crippen molar-refractivity contribution in [3.63, 3.8) is 0 Å². The second-order valence-electron chi connectivity index (χ2n) is 9.31. The van der Waals surface area contributed by atoms with E-state index in [9.17, 15) is 23.8 Å². The molecule has 0 unspecified atom stereocenters. The van der Waals surface area contributed by atoms with Crippen LogP contribution in [0.3, 0.4) is 0 Å². The van der Waals surface area contributed by atoms with E-state index in [1.54, 1.807) is 26.8 Å². The molecule has 1 heterocycles. The number of carbonyl (C=O) groups is 1. The third-order valence-electron chi connectivity index (χ3n) is 5.55. The molecule has 10 heteroatoms. The molecule has 33 heavy (non-hydrogen) atoms. The largest absolute Gasteiger partial charge is 0.493 e. The molecule has 1 aromatic rings. The number of alkyl halides is 1. The van der Waals surface area contributed by atoms with Crippen molar-refractivity contribution >= 4 is 6.09 Å². The summed E-state index contributed by atoms with van der Waals surface area (Å²) in [5.74, 6) is -0.121. The second-order valence-corrected chi connectivity index (χ2v) is 9.31. The van der Waals surface area contributed by atoms with Crippen molar-refractivity contribution in [2.45, 2.75) is 71.1 Å². The van der Waals surface area contributed by atoms with Gasteiger partial charge in [0.1, 0.15) is 11.6 Å². The minimum atomic E-state index is -1.28. The smallest absolute Gasteiger partial charge is 0.408 e. The fourth-order valence-electron chi connectivity index (χ4n) is 3.68. The summed E-state index contributed by atoms with van der Waals surface area (Å²) in [7, 11) is 0. The van der Waals surface area contributed by atoms with Crippen LogP contribution in [-0.2, 0) is 15.9 Å². The van der Waals surface area contributed by atoms with Gasteiger partial charge in [-0.15, -0.1) is 0 Å². The van der Waals surface area contributed by atoms with Crippen molar-refractivity contribution in [3.05, 3.63) is 29.6 Å². The lowest BCUT2D eigenvalue weighted by molar-refractivity contribution is -0.232. The van der Waals surface area contributed by atoms with E-state index < -0.39 is 54.5 Å². The van der Waals surface area contributed by atoms with Crippen LogP contribution in [0, 0.1) is 11.2 Å². The molecule has 1 fully saturated rings. The molecule has 0 radical (unpaired) electrons. The average Bonchev–Trinajstić information content (AvgIpc) is 2.75. The molecule has 1 aliphatic rings. The number of aliphatic hydroxyl groups is 1. The first kappa shape index (κ1) is 27.2. The van der Waals surface area contributed by atoms with Crippen LogP contribution < -0.4 is 10.5 Å². The minimum absolute atomic E-state index is 0.0424. The number of ether oxygens (including phenoxy) is 3. The molecule has 1 aromatic carbocycles. The van der Waals surface area contributed by atoms with E-state index in [0.29, 0.717) is 17.9 Å². The fourth-order valence-corrected chi connectivity index (χ4v) is 3.68. The Labute approximate surface area is 193 Å². The average molecular weight is 475 g/mol. The van der Waals surface area contributed by atoms with Crippen molar-refractivity contribution in [1.29, 1.82) is 0 Å². The molecule has 2 rings (SSSR count). The van der Waals surface area contributed by atoms with Crippen molar-refractivity contribution in [2.75, 3.05) is 26.5 Å². The van der Waals surface area contributed by atoms with Crippen LogP contribution in [0.4, 0.5) is 13.6 Å². The summed E-state index contributed by atoms with van der Waals surface area (Å²) in [4.78, 5) is 13.0. The van der Waals surface area contributed by atoms with Crippen LogP contribution >= 0.6 is 0 Å². The Kier molecular flexibility index (Phi) is 9.84. The first-order chi connectivity index (χ1) is 15.5. The third kappa shape index (κ3) is 7.49. The number of nitrogens with two attached hydrogens (primary N) is 1. The van der Waals surface area contributed by atoms with Gasteiger partial charge in [-0.2, -0.15) is 0 Å². The lowest BCUT2D eigenvalue weighted by atomic mass is 9.94. The number of nitrogens with zero attached hydrogens (tertiary/aromatic N) is 1. The number of hydrogen-bond acceptors (Lipinski definition) is 6. The van der Waals surface area contributed by atoms with E-state index in [4.69, 9.17) is 19.9 Å². The molecular weight excluding hydrogens is 438 g/mol. The van der Waals surface area contributed by atoms with Gasteiger partial charge in [0.25, 0.3) is 0 Å². The van der Waals surface area contributed by atoms with Crippen LogP contribution in [0.1, 0.15) is 39.7 Å². The number of hydrogen-bond donors (Lipinski definition) is 3. The molecule has 5 atom stereocenters. The lowest BCUT2D eigenvalue weighted by Gasteiger charge is -2.45. The van der Waals surface area contributed by atoms with E-state index in [1.807, 2.05) is 6.92 Å². The number of amides is 1. The molecule has 0 bridgehead atoms. The van der Waals surface area contributed by atoms with Gasteiger partial charge < -0.3 is 30.2 Å². The zero-order valence-corrected chi connectivity index (χ0v) is 19.7. The Morgan fingerprint density at radius 2 is 2.09 bits per heavy atom. The lowest BCUT2D eigenvalue weighted by Crippen LogP contribution is -2.64. The van der Waals surface area contributed by atoms with Gasteiger partial charge in [0, 0.05) is 17.5 Å². The Hall–Kier alpha value is -2.01. The van der Waals surface area contributed by atoms with Gasteiger partial charge in [-0.05, 0) is 37.5 Å². The van der Waals surface area contributed by atoms with Gasteiger partial charge >= 0.3 is 6.09 Å². The van der Waals surface area contributed by atoms with Gasteiger partial charge in [-0.1, -0.05) is 20.8 Å². The highest BCUT2D eigenvalue weighted by Crippen LogP contribution is 2.27. The molecular formula is C23H36F2N2O6. The van der Waals surface area contributed by atoms with Crippen molar-refractivity contribution < 1.29 is 38.0 Å². The number of halogens is 2. The van der Waals surface area contributed by atoms with Crippen LogP contribution in [0.2, 0.25) is 0 Å². The predicted molar refractivity (Wildman–Crippen MR) is 118 cm³/mol. The number of benzene rings is 1. The van der Waals surface area contributed by atoms with E-state index in [2.05, 4.69) is 0 Å². The Morgan fingerprint density at radius 1 is 1.39 bits per heavy atom. The van der Waals surface area contributed by atoms with Crippen LogP contribution in [-0.4, -0.2) is 78.2 Å². The van der Waals surface area contributed by atoms with Crippen molar-refractivity contribution in [3.8, 4) is 5.75 Å². The van der Waals surface area contributed by atoms with Crippen LogP contribution in [0.15, 0.2) is 18.2 Å². The first-order valence-electron chi connectivity index (χ1n) is 11.2. The maximum absolute atomic E-state index is 14.0. The zero-order valence-electron chi connectivity index (χ0n) is 19.7. The van der Waals surface area contributed by atoms with E-state index in [1.165, 1.54) is 12.1 Å². The Balaban J connectivity index is 2.09. The number of rotatable bonds is 11. The van der Waals surface area contributed by atoms with E-state index >= 15 is 0 Å². The van der Waals surface area contributed by atoms with Crippen LogP contribution in [0.25, 0.3) is 0 Å². The number of carboxylic acid groups (broad SMARTS) is 1. The van der Waals surface area contributed by atoms with E-state index in [0.717, 1.165) is 11.3 Å². The number of morpholine rings is 1. The molecule has 0 aromatic heterocycles. The molecule has 188 valence electrons. The molecule has 0 saturated carbocycles. The second kappa shape index (κ2) is 11.9. The summed E-state index contributed by atoms with van der Waals surface area (Å²) >= 11 is 0. The Morgan fingerprint density at radius 3 is 2.70 bits per heavy atom. The minimum Gasteiger partial charge on any atom is -0.493 e. The molecule has 8 nitrogen and oxygen atoms in total. The zero-order chi connectivity index (χ0) is 24.8. The highest BCUT2D eigenvalue weighted by atomic mass is 19.1. The molecule has 0 spiro atoms. The fraction of sp³-hybridized carbons (Fsp3) is 0.696. The predicted octanol–water partition coefficient (Wildman–Crippen LogP) is 2.95. The standard InChI is InChI=1S/C23H36F2N2O6/c1-5-6-31-17-8-15(7-16(25)10-17)9-18(26)20(28)19-11-32-21(14(2)27(19)22(29)30)33-13-23(3,4)12-24/h7-8,10,14,18-21,28H,5-6,9,11-13,26H2,1-4H3,(H,29,30)/t14-,18-,19+,20-,21-/m0/s1. The van der Waals surface area contributed by atoms with Gasteiger partial charge in [-0.3, -0.25) is 9.29 Å². The highest BCUT2D eigenvalue weighted by Gasteiger charge is 2.44. The van der Waals surface area contributed by atoms with Gasteiger partial charge in [0.05, 0.1) is 44.7 Å². The van der Waals surface area contributed by atoms with Crippen LogP contribution in [0.5, 0.6) is 5.75 Å². The van der Waals surface area contributed by atoms with E-state index in [-0.39, 0.29) is 19.6 Å². The monoisotopic (exact) mass is 474 g/mol. The molecule has 1 saturated heterocycles. The normalized spacial score (nSPS) is 23.3. The number of aliphatic hydroxyl groups excluding tert-OH is 1. The van der Waals surface area contributed by atoms with Crippen molar-refractivity contribution in [2.24, 2.45) is 11.1 Å². The quantitative estimate of drug-likeness (QED) is 0.452. The third-order valence-corrected chi connectivity index (χ3v) is 5.55. The topological polar surface area (TPSA) is 114 Å². The van der Waals surface area contributed by atoms with Crippen molar-refractivity contribution in [1.82, 2.24) is 4.90 Å². The maximum atomic E-state index is 14.0. The van der Waals surface area contributed by atoms with Gasteiger partial charge in [0.15, 0.2) is 6.29 Å². The SMILES string of the molecule is CCCOc1cc(F)cc(C[C@H](N)[C@H](O)[C@H]2CO[C@@H](OCC(C)(C)CF)[C@H](C)N2C(=O)O)c1. The summed E-state index contributed by atoms with van der Waals surface area (Å²) in [5, 5.41) is 20.7. The molecule has 1 aliphatic heterocycles. The summed E-state index contributed by atoms with van der Waals surface area (Å²) in [5.41, 5.74) is 5.98. The first-order valence-corrected chi connectivity index (χ1v) is 11.2. The Bertz CT molecular complexity index is 781. The maximum Gasteiger partial charge on any atom is 0.408 e. The molecule has 1 amide bonds. The summed E-state index contributed by atoms with van der Waals surface area (Å²) in [6, 6.07) is 1.62. The molecule has 4 N–H and O–H groups in total.